The summed E-state index contributed by atoms with van der Waals surface area (Å²) in [6, 6.07) is 4.00. The van der Waals surface area contributed by atoms with Crippen LogP contribution in [0.25, 0.3) is 22.9 Å². The second-order valence-corrected chi connectivity index (χ2v) is 5.84. The van der Waals surface area contributed by atoms with E-state index in [4.69, 9.17) is 9.97 Å². The summed E-state index contributed by atoms with van der Waals surface area (Å²) in [7, 11) is 0. The van der Waals surface area contributed by atoms with E-state index in [2.05, 4.69) is 48.7 Å². The summed E-state index contributed by atoms with van der Waals surface area (Å²) in [6.45, 7) is 8.56. The minimum Gasteiger partial charge on any atom is -0.342 e. The second-order valence-electron chi connectivity index (χ2n) is 5.84. The number of nitrogens with zero attached hydrogens (tertiary/aromatic N) is 3. The van der Waals surface area contributed by atoms with Crippen LogP contribution in [0.5, 0.6) is 0 Å². The van der Waals surface area contributed by atoms with Crippen molar-refractivity contribution in [1.29, 1.82) is 0 Å². The highest BCUT2D eigenvalue weighted by molar-refractivity contribution is 5.74. The van der Waals surface area contributed by atoms with Gasteiger partial charge >= 0.3 is 0 Å². The molecule has 0 radical (unpaired) electrons. The van der Waals surface area contributed by atoms with Crippen molar-refractivity contribution >= 4 is 0 Å². The molecule has 0 atom stereocenters. The number of pyridine rings is 1. The summed E-state index contributed by atoms with van der Waals surface area (Å²) in [5.41, 5.74) is 6.48. The third-order valence-corrected chi connectivity index (χ3v) is 4.39. The van der Waals surface area contributed by atoms with Crippen molar-refractivity contribution in [3.05, 3.63) is 41.1 Å². The zero-order chi connectivity index (χ0) is 17.1. The summed E-state index contributed by atoms with van der Waals surface area (Å²) in [5.74, 6) is 1.70. The van der Waals surface area contributed by atoms with Gasteiger partial charge in [0.25, 0.3) is 0 Å². The molecule has 3 aromatic heterocycles. The molecule has 126 valence electrons. The molecule has 5 nitrogen and oxygen atoms in total. The molecule has 3 heterocycles. The highest BCUT2D eigenvalue weighted by Crippen LogP contribution is 2.28. The van der Waals surface area contributed by atoms with Gasteiger partial charge in [0.15, 0.2) is 5.82 Å². The number of H-pyrrole nitrogens is 2. The van der Waals surface area contributed by atoms with Crippen molar-refractivity contribution in [2.45, 2.75) is 53.4 Å². The molecule has 0 spiro atoms. The summed E-state index contributed by atoms with van der Waals surface area (Å²) >= 11 is 0. The highest BCUT2D eigenvalue weighted by atomic mass is 15.0. The smallest absolute Gasteiger partial charge is 0.157 e. The van der Waals surface area contributed by atoms with Crippen molar-refractivity contribution in [3.63, 3.8) is 0 Å². The number of imidazole rings is 2. The molecule has 24 heavy (non-hydrogen) atoms. The average Bonchev–Trinajstić information content (AvgIpc) is 3.24. The van der Waals surface area contributed by atoms with Gasteiger partial charge in [0.2, 0.25) is 0 Å². The molecule has 0 aliphatic heterocycles. The Hall–Kier alpha value is -2.43. The van der Waals surface area contributed by atoms with E-state index in [1.165, 1.54) is 11.4 Å². The molecule has 3 rings (SSSR count). The SMILES string of the molecule is CCc1nc(-c2cccnc2-c2nc(CC)c(CC)[nH]2)[nH]c1CC. The lowest BCUT2D eigenvalue weighted by molar-refractivity contribution is 0.979. The quantitative estimate of drug-likeness (QED) is 0.717. The van der Waals surface area contributed by atoms with Crippen molar-refractivity contribution in [2.24, 2.45) is 0 Å². The summed E-state index contributed by atoms with van der Waals surface area (Å²) in [5, 5.41) is 0. The minimum atomic E-state index is 0.826. The van der Waals surface area contributed by atoms with E-state index in [0.717, 1.165) is 60.0 Å². The third kappa shape index (κ3) is 2.86. The number of aromatic nitrogens is 5. The van der Waals surface area contributed by atoms with Gasteiger partial charge in [-0.1, -0.05) is 27.7 Å². The van der Waals surface area contributed by atoms with E-state index in [9.17, 15) is 0 Å². The van der Waals surface area contributed by atoms with Crippen LogP contribution in [0.3, 0.4) is 0 Å². The Balaban J connectivity index is 2.12. The topological polar surface area (TPSA) is 70.2 Å². The Morgan fingerprint density at radius 3 is 1.92 bits per heavy atom. The second kappa shape index (κ2) is 6.99. The number of aromatic amines is 2. The Bertz CT molecular complexity index is 716. The van der Waals surface area contributed by atoms with Crippen LogP contribution in [0.15, 0.2) is 18.3 Å². The van der Waals surface area contributed by atoms with E-state index in [-0.39, 0.29) is 0 Å². The lowest BCUT2D eigenvalue weighted by Crippen LogP contribution is -1.92. The molecular weight excluding hydrogens is 298 g/mol. The molecule has 0 aliphatic carbocycles. The maximum absolute atomic E-state index is 4.79. The summed E-state index contributed by atoms with van der Waals surface area (Å²) in [4.78, 5) is 21.0. The molecular formula is C19H25N5. The van der Waals surface area contributed by atoms with E-state index in [1.54, 1.807) is 0 Å². The van der Waals surface area contributed by atoms with Crippen LogP contribution in [0.1, 0.15) is 50.5 Å². The first-order chi connectivity index (χ1) is 11.7. The Morgan fingerprint density at radius 1 is 0.792 bits per heavy atom. The average molecular weight is 323 g/mol. The van der Waals surface area contributed by atoms with Gasteiger partial charge in [0.05, 0.1) is 11.4 Å². The van der Waals surface area contributed by atoms with Crippen LogP contribution >= 0.6 is 0 Å². The minimum absolute atomic E-state index is 0.826. The predicted molar refractivity (Wildman–Crippen MR) is 96.9 cm³/mol. The summed E-state index contributed by atoms with van der Waals surface area (Å²) in [6.07, 6.45) is 5.55. The maximum Gasteiger partial charge on any atom is 0.157 e. The first-order valence-electron chi connectivity index (χ1n) is 8.82. The van der Waals surface area contributed by atoms with Crippen LogP contribution in [0, 0.1) is 0 Å². The van der Waals surface area contributed by atoms with Gasteiger partial charge < -0.3 is 9.97 Å². The summed E-state index contributed by atoms with van der Waals surface area (Å²) < 4.78 is 0. The zero-order valence-corrected chi connectivity index (χ0v) is 14.9. The molecule has 0 saturated heterocycles. The molecule has 3 aromatic rings. The standard InChI is InChI=1S/C19H25N5/c1-5-13-14(6-2)22-18(21-13)12-10-9-11-20-17(12)19-23-15(7-3)16(8-4)24-19/h9-11H,5-8H2,1-4H3,(H,21,22)(H,23,24). The number of hydrogen-bond donors (Lipinski definition) is 2. The van der Waals surface area contributed by atoms with E-state index in [1.807, 2.05) is 12.3 Å². The molecule has 0 aromatic carbocycles. The van der Waals surface area contributed by atoms with Crippen LogP contribution < -0.4 is 0 Å². The largest absolute Gasteiger partial charge is 0.342 e. The Labute approximate surface area is 143 Å². The lowest BCUT2D eigenvalue weighted by atomic mass is 10.1. The van der Waals surface area contributed by atoms with E-state index < -0.39 is 0 Å². The van der Waals surface area contributed by atoms with Crippen molar-refractivity contribution in [3.8, 4) is 22.9 Å². The highest BCUT2D eigenvalue weighted by Gasteiger charge is 2.17. The Morgan fingerprint density at radius 2 is 1.38 bits per heavy atom. The number of rotatable bonds is 6. The normalized spacial score (nSPS) is 11.2. The molecule has 0 aliphatic rings. The molecule has 5 heteroatoms. The van der Waals surface area contributed by atoms with Gasteiger partial charge in [-0.05, 0) is 37.8 Å². The lowest BCUT2D eigenvalue weighted by Gasteiger charge is -2.03. The van der Waals surface area contributed by atoms with Gasteiger partial charge in [-0.2, -0.15) is 0 Å². The molecule has 0 saturated carbocycles. The molecule has 0 fully saturated rings. The van der Waals surface area contributed by atoms with Crippen LogP contribution in [0.2, 0.25) is 0 Å². The van der Waals surface area contributed by atoms with Crippen molar-refractivity contribution in [1.82, 2.24) is 24.9 Å². The van der Waals surface area contributed by atoms with Gasteiger partial charge in [-0.25, -0.2) is 9.97 Å². The van der Waals surface area contributed by atoms with Gasteiger partial charge in [0.1, 0.15) is 11.5 Å². The fourth-order valence-corrected chi connectivity index (χ4v) is 3.09. The number of aryl methyl sites for hydroxylation is 4. The van der Waals surface area contributed by atoms with Crippen molar-refractivity contribution < 1.29 is 0 Å². The maximum atomic E-state index is 4.79. The van der Waals surface area contributed by atoms with E-state index >= 15 is 0 Å². The molecule has 2 N–H and O–H groups in total. The van der Waals surface area contributed by atoms with Gasteiger partial charge in [-0.3, -0.25) is 4.98 Å². The van der Waals surface area contributed by atoms with Crippen LogP contribution in [-0.4, -0.2) is 24.9 Å². The van der Waals surface area contributed by atoms with Crippen molar-refractivity contribution in [2.75, 3.05) is 0 Å². The fraction of sp³-hybridized carbons (Fsp3) is 0.421. The van der Waals surface area contributed by atoms with Gasteiger partial charge in [0, 0.05) is 23.1 Å². The first kappa shape index (κ1) is 16.4. The predicted octanol–water partition coefficient (Wildman–Crippen LogP) is 4.11. The number of nitrogens with one attached hydrogen (secondary N) is 2. The first-order valence-corrected chi connectivity index (χ1v) is 8.82. The van der Waals surface area contributed by atoms with Gasteiger partial charge in [-0.15, -0.1) is 0 Å². The van der Waals surface area contributed by atoms with Crippen LogP contribution in [-0.2, 0) is 25.7 Å². The molecule has 0 bridgehead atoms. The Kier molecular flexibility index (Phi) is 4.79. The zero-order valence-electron chi connectivity index (χ0n) is 14.9. The third-order valence-electron chi connectivity index (χ3n) is 4.39. The van der Waals surface area contributed by atoms with Crippen LogP contribution in [0.4, 0.5) is 0 Å². The number of hydrogen-bond acceptors (Lipinski definition) is 3. The fourth-order valence-electron chi connectivity index (χ4n) is 3.09. The van der Waals surface area contributed by atoms with E-state index in [0.29, 0.717) is 0 Å². The molecule has 0 unspecified atom stereocenters. The molecule has 0 amide bonds. The monoisotopic (exact) mass is 323 g/mol.